The minimum atomic E-state index is -0.270. The van der Waals surface area contributed by atoms with Gasteiger partial charge in [-0.3, -0.25) is 4.57 Å². The van der Waals surface area contributed by atoms with Crippen LogP contribution in [0.5, 0.6) is 0 Å². The van der Waals surface area contributed by atoms with Gasteiger partial charge in [0.05, 0.1) is 5.52 Å². The molecule has 1 aromatic heterocycles. The third kappa shape index (κ3) is 1.58. The van der Waals surface area contributed by atoms with Gasteiger partial charge in [-0.15, -0.1) is 0 Å². The van der Waals surface area contributed by atoms with Crippen LogP contribution < -0.4 is 5.76 Å². The first-order valence-corrected chi connectivity index (χ1v) is 5.26. The highest BCUT2D eigenvalue weighted by Crippen LogP contribution is 2.20. The lowest BCUT2D eigenvalue weighted by molar-refractivity contribution is 0.513. The first kappa shape index (κ1) is 10.0. The predicted octanol–water partition coefficient (Wildman–Crippen LogP) is 2.74. The molecule has 80 valence electrons. The van der Waals surface area contributed by atoms with E-state index in [1.54, 1.807) is 4.57 Å². The summed E-state index contributed by atoms with van der Waals surface area (Å²) in [6, 6.07) is 5.96. The molecule has 0 fully saturated rings. The van der Waals surface area contributed by atoms with Crippen molar-refractivity contribution in [3.05, 3.63) is 34.3 Å². The number of rotatable bonds is 2. The molecule has 3 heteroatoms. The quantitative estimate of drug-likeness (QED) is 0.755. The second-order valence-electron chi connectivity index (χ2n) is 3.99. The van der Waals surface area contributed by atoms with Crippen LogP contribution in [0.15, 0.2) is 27.4 Å². The number of aryl methyl sites for hydroxylation is 1. The van der Waals surface area contributed by atoms with E-state index in [2.05, 4.69) is 13.8 Å². The van der Waals surface area contributed by atoms with Gasteiger partial charge in [0.1, 0.15) is 0 Å². The molecule has 3 nitrogen and oxygen atoms in total. The second-order valence-corrected chi connectivity index (χ2v) is 3.99. The summed E-state index contributed by atoms with van der Waals surface area (Å²) >= 11 is 0. The highest BCUT2D eigenvalue weighted by molar-refractivity contribution is 5.73. The second kappa shape index (κ2) is 3.57. The maximum absolute atomic E-state index is 11.4. The van der Waals surface area contributed by atoms with Crippen LogP contribution in [0.25, 0.3) is 11.1 Å². The number of hydrogen-bond donors (Lipinski definition) is 0. The molecule has 15 heavy (non-hydrogen) atoms. The molecule has 0 saturated carbocycles. The molecular formula is C12H15NO2. The SMILES string of the molecule is CCn1c(=O)oc2cc(C(C)C)ccc21. The number of oxazole rings is 1. The number of fused-ring (bicyclic) bond motifs is 1. The Bertz CT molecular complexity index is 534. The van der Waals surface area contributed by atoms with Crippen molar-refractivity contribution in [2.24, 2.45) is 0 Å². The topological polar surface area (TPSA) is 35.1 Å². The lowest BCUT2D eigenvalue weighted by Gasteiger charge is -2.04. The molecule has 0 aliphatic carbocycles. The molecule has 2 rings (SSSR count). The van der Waals surface area contributed by atoms with E-state index in [0.717, 1.165) is 5.52 Å². The molecule has 0 radical (unpaired) electrons. The fourth-order valence-corrected chi connectivity index (χ4v) is 1.74. The molecule has 0 saturated heterocycles. The Morgan fingerprint density at radius 3 is 2.73 bits per heavy atom. The summed E-state index contributed by atoms with van der Waals surface area (Å²) in [6.45, 7) is 6.83. The molecule has 0 bridgehead atoms. The third-order valence-electron chi connectivity index (χ3n) is 2.68. The summed E-state index contributed by atoms with van der Waals surface area (Å²) < 4.78 is 6.83. The lowest BCUT2D eigenvalue weighted by atomic mass is 10.0. The Kier molecular flexibility index (Phi) is 2.39. The number of nitrogens with zero attached hydrogens (tertiary/aromatic N) is 1. The van der Waals surface area contributed by atoms with Crippen LogP contribution in [0.4, 0.5) is 0 Å². The molecule has 0 unspecified atom stereocenters. The van der Waals surface area contributed by atoms with Gasteiger partial charge in [-0.25, -0.2) is 4.79 Å². The highest BCUT2D eigenvalue weighted by atomic mass is 16.4. The molecule has 0 spiro atoms. The molecule has 0 amide bonds. The summed E-state index contributed by atoms with van der Waals surface area (Å²) in [4.78, 5) is 11.4. The highest BCUT2D eigenvalue weighted by Gasteiger charge is 2.09. The summed E-state index contributed by atoms with van der Waals surface area (Å²) in [5, 5.41) is 0. The summed E-state index contributed by atoms with van der Waals surface area (Å²) in [7, 11) is 0. The van der Waals surface area contributed by atoms with Gasteiger partial charge in [0, 0.05) is 6.54 Å². The first-order chi connectivity index (χ1) is 7.13. The van der Waals surface area contributed by atoms with Crippen molar-refractivity contribution in [2.75, 3.05) is 0 Å². The predicted molar refractivity (Wildman–Crippen MR) is 60.2 cm³/mol. The third-order valence-corrected chi connectivity index (χ3v) is 2.68. The average molecular weight is 205 g/mol. The Morgan fingerprint density at radius 1 is 1.40 bits per heavy atom. The fourth-order valence-electron chi connectivity index (χ4n) is 1.74. The normalized spacial score (nSPS) is 11.5. The van der Waals surface area contributed by atoms with E-state index in [-0.39, 0.29) is 5.76 Å². The monoisotopic (exact) mass is 205 g/mol. The van der Waals surface area contributed by atoms with Crippen LogP contribution in [-0.4, -0.2) is 4.57 Å². The van der Waals surface area contributed by atoms with Crippen molar-refractivity contribution in [3.63, 3.8) is 0 Å². The largest absolute Gasteiger partial charge is 0.419 e. The van der Waals surface area contributed by atoms with E-state index in [1.165, 1.54) is 5.56 Å². The molecule has 0 atom stereocenters. The smallest absolute Gasteiger partial charge is 0.408 e. The van der Waals surface area contributed by atoms with E-state index < -0.39 is 0 Å². The van der Waals surface area contributed by atoms with E-state index in [1.807, 2.05) is 25.1 Å². The van der Waals surface area contributed by atoms with Crippen molar-refractivity contribution in [3.8, 4) is 0 Å². The fraction of sp³-hybridized carbons (Fsp3) is 0.417. The molecule has 1 aromatic carbocycles. The maximum Gasteiger partial charge on any atom is 0.419 e. The van der Waals surface area contributed by atoms with Crippen molar-refractivity contribution >= 4 is 11.1 Å². The van der Waals surface area contributed by atoms with Crippen LogP contribution in [0, 0.1) is 0 Å². The van der Waals surface area contributed by atoms with Crippen molar-refractivity contribution in [1.82, 2.24) is 4.57 Å². The molecule has 1 heterocycles. The van der Waals surface area contributed by atoms with Crippen LogP contribution in [0.1, 0.15) is 32.3 Å². The number of hydrogen-bond acceptors (Lipinski definition) is 2. The average Bonchev–Trinajstić information content (AvgIpc) is 2.51. The standard InChI is InChI=1S/C12H15NO2/c1-4-13-10-6-5-9(8(2)3)7-11(10)15-12(13)14/h5-8H,4H2,1-3H3. The molecule has 2 aromatic rings. The zero-order valence-electron chi connectivity index (χ0n) is 9.28. The Hall–Kier alpha value is -1.51. The van der Waals surface area contributed by atoms with Gasteiger partial charge < -0.3 is 4.42 Å². The van der Waals surface area contributed by atoms with Crippen LogP contribution >= 0.6 is 0 Å². The van der Waals surface area contributed by atoms with Gasteiger partial charge in [0.15, 0.2) is 5.58 Å². The van der Waals surface area contributed by atoms with Crippen molar-refractivity contribution in [1.29, 1.82) is 0 Å². The Labute approximate surface area is 88.3 Å². The van der Waals surface area contributed by atoms with Gasteiger partial charge in [-0.05, 0) is 30.5 Å². The van der Waals surface area contributed by atoms with Gasteiger partial charge in [0.2, 0.25) is 0 Å². The van der Waals surface area contributed by atoms with Crippen molar-refractivity contribution in [2.45, 2.75) is 33.2 Å². The van der Waals surface area contributed by atoms with Gasteiger partial charge in [-0.1, -0.05) is 19.9 Å². The van der Waals surface area contributed by atoms with Crippen molar-refractivity contribution < 1.29 is 4.42 Å². The van der Waals surface area contributed by atoms with E-state index in [0.29, 0.717) is 18.0 Å². The molecular weight excluding hydrogens is 190 g/mol. The maximum atomic E-state index is 11.4. The molecule has 0 aliphatic heterocycles. The van der Waals surface area contributed by atoms with Crippen LogP contribution in [0.3, 0.4) is 0 Å². The summed E-state index contributed by atoms with van der Waals surface area (Å²) in [5.41, 5.74) is 2.76. The van der Waals surface area contributed by atoms with Gasteiger partial charge in [0.25, 0.3) is 0 Å². The zero-order chi connectivity index (χ0) is 11.0. The van der Waals surface area contributed by atoms with Crippen LogP contribution in [0.2, 0.25) is 0 Å². The first-order valence-electron chi connectivity index (χ1n) is 5.26. The minimum absolute atomic E-state index is 0.270. The summed E-state index contributed by atoms with van der Waals surface area (Å²) in [6.07, 6.45) is 0. The number of benzene rings is 1. The van der Waals surface area contributed by atoms with E-state index in [9.17, 15) is 4.79 Å². The lowest BCUT2D eigenvalue weighted by Crippen LogP contribution is -2.11. The molecule has 0 N–H and O–H groups in total. The van der Waals surface area contributed by atoms with Gasteiger partial charge in [-0.2, -0.15) is 0 Å². The van der Waals surface area contributed by atoms with Gasteiger partial charge >= 0.3 is 5.76 Å². The minimum Gasteiger partial charge on any atom is -0.408 e. The summed E-state index contributed by atoms with van der Waals surface area (Å²) in [5.74, 6) is 0.179. The number of aromatic nitrogens is 1. The zero-order valence-corrected chi connectivity index (χ0v) is 9.28. The van der Waals surface area contributed by atoms with Crippen LogP contribution in [-0.2, 0) is 6.54 Å². The van der Waals surface area contributed by atoms with E-state index in [4.69, 9.17) is 4.42 Å². The van der Waals surface area contributed by atoms with E-state index >= 15 is 0 Å². The molecule has 0 aliphatic rings. The Morgan fingerprint density at radius 2 is 2.13 bits per heavy atom. The Balaban J connectivity index is 2.70.